The van der Waals surface area contributed by atoms with Gasteiger partial charge in [-0.3, -0.25) is 9.59 Å². The van der Waals surface area contributed by atoms with Gasteiger partial charge in [0.2, 0.25) is 0 Å². The van der Waals surface area contributed by atoms with Crippen LogP contribution >= 0.6 is 0 Å². The zero-order chi connectivity index (χ0) is 20.8. The zero-order valence-electron chi connectivity index (χ0n) is 15.9. The van der Waals surface area contributed by atoms with Crippen molar-refractivity contribution in [2.75, 3.05) is 7.11 Å². The zero-order valence-corrected chi connectivity index (χ0v) is 15.9. The van der Waals surface area contributed by atoms with Gasteiger partial charge in [0.15, 0.2) is 0 Å². The van der Waals surface area contributed by atoms with E-state index in [1.807, 2.05) is 30.3 Å². The number of aliphatic hydroxyl groups excluding tert-OH is 3. The van der Waals surface area contributed by atoms with E-state index in [-0.39, 0.29) is 18.9 Å². The standard InChI is InChI=1S/C22H23NO6/c1-29-21(28)22-11-16(24)17(25)18(26)19(22)23(12-13-7-3-2-4-8-13)20(27)14-9-5-6-10-15(14)22/h2-10,16-19,24-26H,11-12H2,1H3/t16-,17-,18-,19+,22+/m1/s1. The number of aliphatic hydroxyl groups is 3. The van der Waals surface area contributed by atoms with Gasteiger partial charge >= 0.3 is 5.97 Å². The van der Waals surface area contributed by atoms with Crippen molar-refractivity contribution >= 4 is 11.9 Å². The molecule has 2 aromatic rings. The third-order valence-corrected chi connectivity index (χ3v) is 6.08. The van der Waals surface area contributed by atoms with E-state index in [0.29, 0.717) is 11.1 Å². The Labute approximate surface area is 168 Å². The van der Waals surface area contributed by atoms with E-state index in [0.717, 1.165) is 5.56 Å². The predicted molar refractivity (Wildman–Crippen MR) is 103 cm³/mol. The number of nitrogens with zero attached hydrogens (tertiary/aromatic N) is 1. The van der Waals surface area contributed by atoms with Crippen LogP contribution in [0, 0.1) is 0 Å². The molecule has 1 saturated carbocycles. The number of methoxy groups -OCH3 is 1. The van der Waals surface area contributed by atoms with Gasteiger partial charge in [0.25, 0.3) is 5.91 Å². The van der Waals surface area contributed by atoms with Crippen molar-refractivity contribution < 1.29 is 29.6 Å². The van der Waals surface area contributed by atoms with Crippen LogP contribution in [0.5, 0.6) is 0 Å². The number of benzene rings is 2. The number of amides is 1. The second kappa shape index (κ2) is 7.26. The van der Waals surface area contributed by atoms with Crippen LogP contribution in [0.3, 0.4) is 0 Å². The summed E-state index contributed by atoms with van der Waals surface area (Å²) in [7, 11) is 1.23. The minimum absolute atomic E-state index is 0.136. The molecule has 7 nitrogen and oxygen atoms in total. The van der Waals surface area contributed by atoms with Crippen molar-refractivity contribution in [1.29, 1.82) is 0 Å². The Kier molecular flexibility index (Phi) is 4.90. The Balaban J connectivity index is 1.94. The fourth-order valence-electron chi connectivity index (χ4n) is 4.78. The molecular formula is C22H23NO6. The molecule has 4 rings (SSSR count). The molecule has 3 N–H and O–H groups in total. The van der Waals surface area contributed by atoms with Gasteiger partial charge in [-0.15, -0.1) is 0 Å². The predicted octanol–water partition coefficient (Wildman–Crippen LogP) is 0.608. The van der Waals surface area contributed by atoms with Gasteiger partial charge in [-0.1, -0.05) is 48.5 Å². The SMILES string of the molecule is COC(=O)[C@]12C[C@@H](O)[C@@H](O)[C@@H](O)[C@@H]1N(Cc1ccccc1)C(=O)c1ccccc12. The lowest BCUT2D eigenvalue weighted by atomic mass is 9.59. The maximum Gasteiger partial charge on any atom is 0.318 e. The summed E-state index contributed by atoms with van der Waals surface area (Å²) in [6.45, 7) is 0.136. The van der Waals surface area contributed by atoms with Crippen LogP contribution in [-0.2, 0) is 21.5 Å². The van der Waals surface area contributed by atoms with Crippen molar-refractivity contribution in [2.24, 2.45) is 0 Å². The molecule has 152 valence electrons. The van der Waals surface area contributed by atoms with Gasteiger partial charge in [0.1, 0.15) is 17.6 Å². The first kappa shape index (κ1) is 19.6. The molecule has 1 aliphatic carbocycles. The average molecular weight is 397 g/mol. The van der Waals surface area contributed by atoms with Crippen LogP contribution in [0.25, 0.3) is 0 Å². The van der Waals surface area contributed by atoms with Crippen molar-refractivity contribution in [3.8, 4) is 0 Å². The van der Waals surface area contributed by atoms with E-state index in [9.17, 15) is 24.9 Å². The van der Waals surface area contributed by atoms with E-state index < -0.39 is 35.7 Å². The van der Waals surface area contributed by atoms with Gasteiger partial charge in [-0.05, 0) is 23.6 Å². The quantitative estimate of drug-likeness (QED) is 0.655. The number of hydrogen-bond acceptors (Lipinski definition) is 6. The van der Waals surface area contributed by atoms with Gasteiger partial charge in [-0.25, -0.2) is 0 Å². The minimum atomic E-state index is -1.53. The Bertz CT molecular complexity index is 932. The van der Waals surface area contributed by atoms with Crippen molar-refractivity contribution in [2.45, 2.75) is 42.7 Å². The lowest BCUT2D eigenvalue weighted by Crippen LogP contribution is -2.72. The molecule has 0 unspecified atom stereocenters. The average Bonchev–Trinajstić information content (AvgIpc) is 2.75. The number of hydrogen-bond donors (Lipinski definition) is 3. The molecule has 0 aromatic heterocycles. The normalized spacial score (nSPS) is 31.0. The molecule has 2 aromatic carbocycles. The Morgan fingerprint density at radius 3 is 2.41 bits per heavy atom. The molecule has 0 spiro atoms. The summed E-state index contributed by atoms with van der Waals surface area (Å²) in [6.07, 6.45) is -4.54. The lowest BCUT2D eigenvalue weighted by molar-refractivity contribution is -0.177. The van der Waals surface area contributed by atoms with E-state index in [2.05, 4.69) is 0 Å². The summed E-state index contributed by atoms with van der Waals surface area (Å²) in [5.74, 6) is -1.01. The fourth-order valence-corrected chi connectivity index (χ4v) is 4.78. The highest BCUT2D eigenvalue weighted by atomic mass is 16.5. The van der Waals surface area contributed by atoms with Crippen molar-refractivity contribution in [3.63, 3.8) is 0 Å². The molecule has 29 heavy (non-hydrogen) atoms. The second-order valence-electron chi connectivity index (χ2n) is 7.62. The van der Waals surface area contributed by atoms with Gasteiger partial charge < -0.3 is 25.0 Å². The minimum Gasteiger partial charge on any atom is -0.468 e. The van der Waals surface area contributed by atoms with Gasteiger partial charge in [0, 0.05) is 12.1 Å². The van der Waals surface area contributed by atoms with Crippen molar-refractivity contribution in [1.82, 2.24) is 4.90 Å². The van der Waals surface area contributed by atoms with E-state index in [4.69, 9.17) is 4.74 Å². The molecule has 5 atom stereocenters. The maximum atomic E-state index is 13.4. The molecule has 2 aliphatic rings. The molecule has 1 heterocycles. The highest BCUT2D eigenvalue weighted by Crippen LogP contribution is 2.48. The highest BCUT2D eigenvalue weighted by molar-refractivity contribution is 6.02. The number of fused-ring (bicyclic) bond motifs is 3. The summed E-state index contributed by atoms with van der Waals surface area (Å²) in [6, 6.07) is 14.8. The third-order valence-electron chi connectivity index (χ3n) is 6.08. The summed E-state index contributed by atoms with van der Waals surface area (Å²) in [5, 5.41) is 31.8. The molecule has 0 saturated heterocycles. The number of rotatable bonds is 3. The summed E-state index contributed by atoms with van der Waals surface area (Å²) in [4.78, 5) is 27.9. The summed E-state index contributed by atoms with van der Waals surface area (Å²) < 4.78 is 5.09. The molecule has 1 amide bonds. The third kappa shape index (κ3) is 2.85. The molecule has 0 bridgehead atoms. The Hall–Kier alpha value is -2.74. The topological polar surface area (TPSA) is 107 Å². The number of carbonyl (C=O) groups is 2. The smallest absolute Gasteiger partial charge is 0.318 e. The Morgan fingerprint density at radius 2 is 1.72 bits per heavy atom. The molecular weight excluding hydrogens is 374 g/mol. The monoisotopic (exact) mass is 397 g/mol. The van der Waals surface area contributed by atoms with Crippen LogP contribution < -0.4 is 0 Å². The van der Waals surface area contributed by atoms with Crippen LogP contribution in [0.15, 0.2) is 54.6 Å². The molecule has 7 heteroatoms. The summed E-state index contributed by atoms with van der Waals surface area (Å²) in [5.41, 5.74) is 0.0374. The van der Waals surface area contributed by atoms with Crippen LogP contribution in [0.1, 0.15) is 27.9 Å². The molecule has 1 aliphatic heterocycles. The first-order valence-corrected chi connectivity index (χ1v) is 9.49. The molecule has 1 fully saturated rings. The second-order valence-corrected chi connectivity index (χ2v) is 7.62. The van der Waals surface area contributed by atoms with Crippen LogP contribution in [0.2, 0.25) is 0 Å². The van der Waals surface area contributed by atoms with Gasteiger partial charge in [-0.2, -0.15) is 0 Å². The lowest BCUT2D eigenvalue weighted by Gasteiger charge is -2.55. The van der Waals surface area contributed by atoms with Crippen LogP contribution in [-0.4, -0.2) is 63.6 Å². The number of carbonyl (C=O) groups excluding carboxylic acids is 2. The maximum absolute atomic E-state index is 13.4. The Morgan fingerprint density at radius 1 is 1.07 bits per heavy atom. The largest absolute Gasteiger partial charge is 0.468 e. The number of esters is 1. The summed E-state index contributed by atoms with van der Waals surface area (Å²) >= 11 is 0. The van der Waals surface area contributed by atoms with E-state index in [1.165, 1.54) is 12.0 Å². The van der Waals surface area contributed by atoms with E-state index >= 15 is 0 Å². The van der Waals surface area contributed by atoms with Crippen molar-refractivity contribution in [3.05, 3.63) is 71.3 Å². The first-order chi connectivity index (χ1) is 13.9. The number of ether oxygens (including phenoxy) is 1. The first-order valence-electron chi connectivity index (χ1n) is 9.49. The highest BCUT2D eigenvalue weighted by Gasteiger charge is 2.64. The molecule has 0 radical (unpaired) electrons. The van der Waals surface area contributed by atoms with E-state index in [1.54, 1.807) is 24.3 Å². The van der Waals surface area contributed by atoms with Crippen LogP contribution in [0.4, 0.5) is 0 Å². The van der Waals surface area contributed by atoms with Gasteiger partial charge in [0.05, 0.1) is 19.3 Å². The fraction of sp³-hybridized carbons (Fsp3) is 0.364.